The molecule has 0 aliphatic heterocycles. The monoisotopic (exact) mass is 289 g/mol. The Balaban J connectivity index is 2.26. The van der Waals surface area contributed by atoms with Crippen molar-refractivity contribution in [3.63, 3.8) is 0 Å². The number of benzene rings is 1. The molecule has 0 spiro atoms. The maximum atomic E-state index is 11.9. The highest BCUT2D eigenvalue weighted by atomic mass is 32.1. The minimum Gasteiger partial charge on any atom is -0.330 e. The van der Waals surface area contributed by atoms with Crippen molar-refractivity contribution in [1.82, 2.24) is 4.98 Å². The first-order chi connectivity index (χ1) is 9.65. The smallest absolute Gasteiger partial charge is 0.230 e. The maximum Gasteiger partial charge on any atom is 0.230 e. The van der Waals surface area contributed by atoms with E-state index in [4.69, 9.17) is 5.73 Å². The lowest BCUT2D eigenvalue weighted by Gasteiger charge is -2.06. The van der Waals surface area contributed by atoms with Crippen LogP contribution in [-0.4, -0.2) is 17.4 Å². The summed E-state index contributed by atoms with van der Waals surface area (Å²) in [6.07, 6.45) is 0.893. The summed E-state index contributed by atoms with van der Waals surface area (Å²) in [6.45, 7) is 4.24. The largest absolute Gasteiger partial charge is 0.330 e. The van der Waals surface area contributed by atoms with Crippen LogP contribution in [0.5, 0.6) is 0 Å². The number of anilines is 1. The first kappa shape index (κ1) is 14.7. The van der Waals surface area contributed by atoms with E-state index in [9.17, 15) is 4.79 Å². The lowest BCUT2D eigenvalue weighted by atomic mass is 10.1. The van der Waals surface area contributed by atoms with E-state index in [-0.39, 0.29) is 11.8 Å². The highest BCUT2D eigenvalue weighted by Gasteiger charge is 2.16. The molecule has 1 heterocycles. The van der Waals surface area contributed by atoms with Crippen LogP contribution in [0.25, 0.3) is 11.3 Å². The second kappa shape index (κ2) is 6.63. The number of hydrogen-bond acceptors (Lipinski definition) is 4. The summed E-state index contributed by atoms with van der Waals surface area (Å²) in [6, 6.07) is 10.0. The number of aryl methyl sites for hydroxylation is 1. The van der Waals surface area contributed by atoms with Gasteiger partial charge < -0.3 is 11.1 Å². The summed E-state index contributed by atoms with van der Waals surface area (Å²) in [5.41, 5.74) is 7.53. The highest BCUT2D eigenvalue weighted by molar-refractivity contribution is 7.16. The van der Waals surface area contributed by atoms with Crippen molar-refractivity contribution in [1.29, 1.82) is 0 Å². The number of nitrogens with one attached hydrogen (secondary N) is 1. The third-order valence-corrected chi connectivity index (χ3v) is 4.21. The molecule has 0 bridgehead atoms. The van der Waals surface area contributed by atoms with Gasteiger partial charge in [-0.25, -0.2) is 4.98 Å². The number of aromatic nitrogens is 1. The average Bonchev–Trinajstić information content (AvgIpc) is 2.90. The molecule has 0 saturated carbocycles. The lowest BCUT2D eigenvalue weighted by molar-refractivity contribution is -0.119. The van der Waals surface area contributed by atoms with E-state index in [1.165, 1.54) is 16.2 Å². The quantitative estimate of drug-likeness (QED) is 0.889. The first-order valence-electron chi connectivity index (χ1n) is 6.71. The SMILES string of the molecule is CCc1sc(NC(=O)C(C)CN)nc1-c1ccccc1. The van der Waals surface area contributed by atoms with Gasteiger partial charge in [-0.15, -0.1) is 11.3 Å². The van der Waals surface area contributed by atoms with Gasteiger partial charge in [0, 0.05) is 22.9 Å². The Hall–Kier alpha value is -1.72. The van der Waals surface area contributed by atoms with Crippen molar-refractivity contribution >= 4 is 22.4 Å². The zero-order chi connectivity index (χ0) is 14.5. The van der Waals surface area contributed by atoms with Gasteiger partial charge in [0.15, 0.2) is 5.13 Å². The molecule has 20 heavy (non-hydrogen) atoms. The van der Waals surface area contributed by atoms with E-state index in [1.54, 1.807) is 0 Å². The molecule has 0 aliphatic carbocycles. The number of rotatable bonds is 5. The van der Waals surface area contributed by atoms with Gasteiger partial charge in [-0.2, -0.15) is 0 Å². The van der Waals surface area contributed by atoms with Gasteiger partial charge in [0.25, 0.3) is 0 Å². The number of amides is 1. The van der Waals surface area contributed by atoms with Crippen LogP contribution in [0.4, 0.5) is 5.13 Å². The molecule has 0 fully saturated rings. The number of carbonyl (C=O) groups is 1. The molecule has 1 aromatic carbocycles. The van der Waals surface area contributed by atoms with E-state index in [2.05, 4.69) is 17.2 Å². The fraction of sp³-hybridized carbons (Fsp3) is 0.333. The van der Waals surface area contributed by atoms with Gasteiger partial charge in [0.2, 0.25) is 5.91 Å². The number of hydrogen-bond donors (Lipinski definition) is 2. The van der Waals surface area contributed by atoms with Gasteiger partial charge in [-0.1, -0.05) is 44.2 Å². The predicted octanol–water partition coefficient (Wildman–Crippen LogP) is 2.91. The van der Waals surface area contributed by atoms with Gasteiger partial charge in [-0.05, 0) is 6.42 Å². The third kappa shape index (κ3) is 3.23. The minimum absolute atomic E-state index is 0.0801. The van der Waals surface area contributed by atoms with Crippen LogP contribution in [0.3, 0.4) is 0 Å². The lowest BCUT2D eigenvalue weighted by Crippen LogP contribution is -2.26. The van der Waals surface area contributed by atoms with Gasteiger partial charge in [0.1, 0.15) is 0 Å². The number of nitrogens with zero attached hydrogens (tertiary/aromatic N) is 1. The second-order valence-electron chi connectivity index (χ2n) is 4.64. The van der Waals surface area contributed by atoms with Crippen LogP contribution in [-0.2, 0) is 11.2 Å². The van der Waals surface area contributed by atoms with E-state index in [0.717, 1.165) is 17.7 Å². The third-order valence-electron chi connectivity index (χ3n) is 3.10. The van der Waals surface area contributed by atoms with Crippen molar-refractivity contribution in [2.75, 3.05) is 11.9 Å². The van der Waals surface area contributed by atoms with E-state index < -0.39 is 0 Å². The number of carbonyl (C=O) groups excluding carboxylic acids is 1. The zero-order valence-corrected chi connectivity index (χ0v) is 12.5. The van der Waals surface area contributed by atoms with Crippen molar-refractivity contribution in [2.24, 2.45) is 11.7 Å². The fourth-order valence-corrected chi connectivity index (χ4v) is 2.73. The van der Waals surface area contributed by atoms with E-state index >= 15 is 0 Å². The van der Waals surface area contributed by atoms with Crippen molar-refractivity contribution in [3.05, 3.63) is 35.2 Å². The zero-order valence-electron chi connectivity index (χ0n) is 11.7. The number of nitrogens with two attached hydrogens (primary N) is 1. The second-order valence-corrected chi connectivity index (χ2v) is 5.72. The molecule has 0 saturated heterocycles. The number of thiazole rings is 1. The summed E-state index contributed by atoms with van der Waals surface area (Å²) in [5.74, 6) is -0.285. The predicted molar refractivity (Wildman–Crippen MR) is 83.8 cm³/mol. The molecule has 1 unspecified atom stereocenters. The Morgan fingerprint density at radius 2 is 2.10 bits per heavy atom. The molecule has 1 amide bonds. The summed E-state index contributed by atoms with van der Waals surface area (Å²) in [5, 5.41) is 3.49. The molecule has 2 rings (SSSR count). The molecule has 5 heteroatoms. The summed E-state index contributed by atoms with van der Waals surface area (Å²) in [4.78, 5) is 17.6. The molecule has 1 aromatic heterocycles. The van der Waals surface area contributed by atoms with Crippen molar-refractivity contribution in [2.45, 2.75) is 20.3 Å². The maximum absolute atomic E-state index is 11.9. The van der Waals surface area contributed by atoms with Crippen LogP contribution in [0.1, 0.15) is 18.7 Å². The molecular weight excluding hydrogens is 270 g/mol. The Kier molecular flexibility index (Phi) is 4.87. The molecule has 2 aromatic rings. The van der Waals surface area contributed by atoms with E-state index in [0.29, 0.717) is 11.7 Å². The Morgan fingerprint density at radius 1 is 1.40 bits per heavy atom. The van der Waals surface area contributed by atoms with Crippen molar-refractivity contribution < 1.29 is 4.79 Å². The summed E-state index contributed by atoms with van der Waals surface area (Å²) >= 11 is 1.53. The molecule has 1 atom stereocenters. The molecule has 106 valence electrons. The van der Waals surface area contributed by atoms with Gasteiger partial charge >= 0.3 is 0 Å². The molecule has 3 N–H and O–H groups in total. The summed E-state index contributed by atoms with van der Waals surface area (Å²) in [7, 11) is 0. The van der Waals surface area contributed by atoms with Crippen LogP contribution in [0, 0.1) is 5.92 Å². The molecular formula is C15H19N3OS. The van der Waals surface area contributed by atoms with Crippen LogP contribution >= 0.6 is 11.3 Å². The van der Waals surface area contributed by atoms with Crippen LogP contribution < -0.4 is 11.1 Å². The van der Waals surface area contributed by atoms with Crippen molar-refractivity contribution in [3.8, 4) is 11.3 Å². The van der Waals surface area contributed by atoms with Gasteiger partial charge in [-0.3, -0.25) is 4.79 Å². The fourth-order valence-electron chi connectivity index (χ4n) is 1.80. The Labute approximate surface area is 123 Å². The topological polar surface area (TPSA) is 68.0 Å². The molecule has 4 nitrogen and oxygen atoms in total. The molecule has 0 aliphatic rings. The first-order valence-corrected chi connectivity index (χ1v) is 7.53. The summed E-state index contributed by atoms with van der Waals surface area (Å²) < 4.78 is 0. The average molecular weight is 289 g/mol. The van der Waals surface area contributed by atoms with Crippen LogP contribution in [0.2, 0.25) is 0 Å². The molecule has 0 radical (unpaired) electrons. The van der Waals surface area contributed by atoms with Crippen LogP contribution in [0.15, 0.2) is 30.3 Å². The highest BCUT2D eigenvalue weighted by Crippen LogP contribution is 2.31. The minimum atomic E-state index is -0.204. The normalized spacial score (nSPS) is 12.2. The standard InChI is InChI=1S/C15H19N3OS/c1-3-12-13(11-7-5-4-6-8-11)17-15(20-12)18-14(19)10(2)9-16/h4-8,10H,3,9,16H2,1-2H3,(H,17,18,19). The Morgan fingerprint density at radius 3 is 2.70 bits per heavy atom. The Bertz CT molecular complexity index is 580. The van der Waals surface area contributed by atoms with Gasteiger partial charge in [0.05, 0.1) is 5.69 Å². The van der Waals surface area contributed by atoms with E-state index in [1.807, 2.05) is 37.3 Å².